The molecule has 224 valence electrons. The first kappa shape index (κ1) is 29.0. The fourth-order valence-corrected chi connectivity index (χ4v) is 7.00. The number of nitrogens with one attached hydrogen (secondary N) is 1. The molecule has 0 aliphatic heterocycles. The molecule has 0 atom stereocenters. The van der Waals surface area contributed by atoms with Crippen molar-refractivity contribution in [3.8, 4) is 5.69 Å². The Labute approximate surface area is 287 Å². The van der Waals surface area contributed by atoms with Crippen LogP contribution in [0.5, 0.6) is 0 Å². The van der Waals surface area contributed by atoms with Crippen molar-refractivity contribution in [3.63, 3.8) is 0 Å². The van der Waals surface area contributed by atoms with Gasteiger partial charge in [-0.3, -0.25) is 0 Å². The van der Waals surface area contributed by atoms with Crippen molar-refractivity contribution in [3.05, 3.63) is 186 Å². The average molecular weight is 715 g/mol. The topological polar surface area (TPSA) is 20.7 Å². The molecule has 10 rings (SSSR count). The SMILES string of the molecule is Ic1ccccc1.c1ccc(-n2c3ccccc3c3ccc4ccccc4c32)cc1.c1ccc2c(c1)ccc1c3ccccc3[nH]c21. The van der Waals surface area contributed by atoms with Crippen molar-refractivity contribution in [1.29, 1.82) is 0 Å². The number of nitrogens with zero attached hydrogens (tertiary/aromatic N) is 1. The van der Waals surface area contributed by atoms with E-state index < -0.39 is 0 Å². The first-order valence-corrected chi connectivity index (χ1v) is 16.9. The van der Waals surface area contributed by atoms with Gasteiger partial charge < -0.3 is 9.55 Å². The van der Waals surface area contributed by atoms with Gasteiger partial charge in [-0.1, -0.05) is 146 Å². The number of rotatable bonds is 1. The van der Waals surface area contributed by atoms with Gasteiger partial charge in [0.1, 0.15) is 0 Å². The summed E-state index contributed by atoms with van der Waals surface area (Å²) in [5, 5.41) is 10.4. The molecule has 0 unspecified atom stereocenters. The monoisotopic (exact) mass is 714 g/mol. The van der Waals surface area contributed by atoms with Crippen LogP contribution in [0.1, 0.15) is 0 Å². The molecule has 2 heterocycles. The first-order valence-electron chi connectivity index (χ1n) is 15.8. The molecule has 0 saturated heterocycles. The lowest BCUT2D eigenvalue weighted by Gasteiger charge is -2.09. The van der Waals surface area contributed by atoms with Gasteiger partial charge in [0.2, 0.25) is 0 Å². The number of hydrogen-bond donors (Lipinski definition) is 1. The Morgan fingerprint density at radius 2 is 0.915 bits per heavy atom. The zero-order valence-electron chi connectivity index (χ0n) is 25.6. The lowest BCUT2D eigenvalue weighted by molar-refractivity contribution is 1.19. The van der Waals surface area contributed by atoms with E-state index in [4.69, 9.17) is 0 Å². The van der Waals surface area contributed by atoms with Crippen molar-refractivity contribution in [1.82, 2.24) is 9.55 Å². The molecule has 0 aliphatic carbocycles. The maximum atomic E-state index is 3.52. The van der Waals surface area contributed by atoms with Gasteiger partial charge in [-0.25, -0.2) is 0 Å². The number of para-hydroxylation sites is 3. The quantitative estimate of drug-likeness (QED) is 0.163. The zero-order valence-corrected chi connectivity index (χ0v) is 27.8. The Morgan fingerprint density at radius 3 is 1.62 bits per heavy atom. The second-order valence-electron chi connectivity index (χ2n) is 11.5. The molecule has 0 bridgehead atoms. The third-order valence-corrected chi connectivity index (χ3v) is 9.43. The number of aromatic nitrogens is 2. The van der Waals surface area contributed by atoms with Crippen molar-refractivity contribution in [2.75, 3.05) is 0 Å². The van der Waals surface area contributed by atoms with Crippen LogP contribution < -0.4 is 0 Å². The van der Waals surface area contributed by atoms with Gasteiger partial charge in [-0.2, -0.15) is 0 Å². The van der Waals surface area contributed by atoms with E-state index in [1.165, 1.54) is 74.4 Å². The van der Waals surface area contributed by atoms with E-state index in [-0.39, 0.29) is 0 Å². The molecule has 3 heteroatoms. The van der Waals surface area contributed by atoms with Gasteiger partial charge in [0.05, 0.1) is 16.6 Å². The maximum absolute atomic E-state index is 3.52. The molecular weight excluding hydrogens is 683 g/mol. The molecule has 0 radical (unpaired) electrons. The molecular formula is C44H31IN2. The van der Waals surface area contributed by atoms with Crippen molar-refractivity contribution < 1.29 is 0 Å². The van der Waals surface area contributed by atoms with Crippen LogP contribution in [0.4, 0.5) is 0 Å². The van der Waals surface area contributed by atoms with E-state index in [1.807, 2.05) is 18.2 Å². The molecule has 0 aliphatic rings. The van der Waals surface area contributed by atoms with Gasteiger partial charge >= 0.3 is 0 Å². The highest BCUT2D eigenvalue weighted by molar-refractivity contribution is 14.1. The number of halogens is 1. The Morgan fingerprint density at radius 1 is 0.383 bits per heavy atom. The molecule has 0 fully saturated rings. The predicted octanol–water partition coefficient (Wildman–Crippen LogP) is 12.7. The molecule has 8 aromatic carbocycles. The fraction of sp³-hybridized carbons (Fsp3) is 0. The summed E-state index contributed by atoms with van der Waals surface area (Å²) in [6.45, 7) is 0. The lowest BCUT2D eigenvalue weighted by atomic mass is 10.1. The second-order valence-corrected chi connectivity index (χ2v) is 12.8. The van der Waals surface area contributed by atoms with Crippen molar-refractivity contribution >= 4 is 87.7 Å². The summed E-state index contributed by atoms with van der Waals surface area (Å²) in [6, 6.07) is 63.9. The molecule has 47 heavy (non-hydrogen) atoms. The number of benzene rings is 8. The van der Waals surface area contributed by atoms with Crippen LogP contribution >= 0.6 is 22.6 Å². The maximum Gasteiger partial charge on any atom is 0.0619 e. The van der Waals surface area contributed by atoms with Gasteiger partial charge in [0, 0.05) is 47.1 Å². The molecule has 0 saturated carbocycles. The number of aromatic amines is 1. The minimum atomic E-state index is 1.20. The zero-order chi connectivity index (χ0) is 31.6. The van der Waals surface area contributed by atoms with E-state index >= 15 is 0 Å². The van der Waals surface area contributed by atoms with Gasteiger partial charge in [-0.05, 0) is 69.8 Å². The van der Waals surface area contributed by atoms with Crippen molar-refractivity contribution in [2.24, 2.45) is 0 Å². The minimum absolute atomic E-state index is 1.20. The third-order valence-electron chi connectivity index (χ3n) is 8.71. The second kappa shape index (κ2) is 12.8. The van der Waals surface area contributed by atoms with Gasteiger partial charge in [0.15, 0.2) is 0 Å². The molecule has 2 aromatic heterocycles. The summed E-state index contributed by atoms with van der Waals surface area (Å²) in [6.07, 6.45) is 0. The molecule has 2 nitrogen and oxygen atoms in total. The smallest absolute Gasteiger partial charge is 0.0619 e. The standard InChI is InChI=1S/C22H15N.C16H11N.C6H5I/c1-2-9-17(10-3-1)23-21-13-7-6-12-19(21)20-15-14-16-8-4-5-11-18(16)22(20)23;1-2-6-12-11(5-1)9-10-14-13-7-3-4-8-15(13)17-16(12)14;7-6-4-2-1-3-5-6/h1-15H;1-10,17H;1-5H. The summed E-state index contributed by atoms with van der Waals surface area (Å²) in [4.78, 5) is 3.52. The highest BCUT2D eigenvalue weighted by Crippen LogP contribution is 2.36. The Bertz CT molecular complexity index is 2630. The largest absolute Gasteiger partial charge is 0.354 e. The number of H-pyrrole nitrogens is 1. The van der Waals surface area contributed by atoms with E-state index in [1.54, 1.807) is 0 Å². The Balaban J connectivity index is 0.000000118. The van der Waals surface area contributed by atoms with Gasteiger partial charge in [-0.15, -0.1) is 0 Å². The van der Waals surface area contributed by atoms with Crippen LogP contribution in [-0.4, -0.2) is 9.55 Å². The summed E-state index contributed by atoms with van der Waals surface area (Å²) in [5.41, 5.74) is 6.19. The van der Waals surface area contributed by atoms with Crippen LogP contribution in [0, 0.1) is 3.57 Å². The molecule has 0 spiro atoms. The molecule has 1 N–H and O–H groups in total. The number of hydrogen-bond acceptors (Lipinski definition) is 0. The summed E-state index contributed by atoms with van der Waals surface area (Å²) >= 11 is 2.28. The summed E-state index contributed by atoms with van der Waals surface area (Å²) in [5.74, 6) is 0. The van der Waals surface area contributed by atoms with Crippen molar-refractivity contribution in [2.45, 2.75) is 0 Å². The highest BCUT2D eigenvalue weighted by atomic mass is 127. The Kier molecular flexibility index (Phi) is 7.90. The number of fused-ring (bicyclic) bond motifs is 10. The molecule has 0 amide bonds. The normalized spacial score (nSPS) is 11.1. The Hall–Kier alpha value is -5.39. The van der Waals surface area contributed by atoms with Crippen LogP contribution in [0.3, 0.4) is 0 Å². The third kappa shape index (κ3) is 5.53. The highest BCUT2D eigenvalue weighted by Gasteiger charge is 2.14. The van der Waals surface area contributed by atoms with E-state index in [0.717, 1.165) is 0 Å². The van der Waals surface area contributed by atoms with E-state index in [2.05, 4.69) is 196 Å². The molecule has 10 aromatic rings. The van der Waals surface area contributed by atoms with Crippen LogP contribution in [0.25, 0.3) is 70.8 Å². The summed E-state index contributed by atoms with van der Waals surface area (Å²) in [7, 11) is 0. The summed E-state index contributed by atoms with van der Waals surface area (Å²) < 4.78 is 3.67. The lowest BCUT2D eigenvalue weighted by Crippen LogP contribution is -1.93. The van der Waals surface area contributed by atoms with E-state index in [9.17, 15) is 0 Å². The van der Waals surface area contributed by atoms with Crippen LogP contribution in [0.2, 0.25) is 0 Å². The van der Waals surface area contributed by atoms with Gasteiger partial charge in [0.25, 0.3) is 0 Å². The minimum Gasteiger partial charge on any atom is -0.354 e. The van der Waals surface area contributed by atoms with Crippen LogP contribution in [0.15, 0.2) is 182 Å². The first-order chi connectivity index (χ1) is 23.3. The van der Waals surface area contributed by atoms with E-state index in [0.29, 0.717) is 0 Å². The predicted molar refractivity (Wildman–Crippen MR) is 211 cm³/mol. The van der Waals surface area contributed by atoms with Crippen LogP contribution in [-0.2, 0) is 0 Å². The average Bonchev–Trinajstić information content (AvgIpc) is 3.70. The fourth-order valence-electron chi connectivity index (χ4n) is 6.58.